The van der Waals surface area contributed by atoms with Crippen LogP contribution in [0.25, 0.3) is 6.08 Å². The minimum absolute atomic E-state index is 0.107. The van der Waals surface area contributed by atoms with E-state index in [1.165, 1.54) is 19.3 Å². The molecule has 0 atom stereocenters. The van der Waals surface area contributed by atoms with Gasteiger partial charge >= 0.3 is 5.97 Å². The third-order valence-corrected chi connectivity index (χ3v) is 5.93. The van der Waals surface area contributed by atoms with Gasteiger partial charge in [0.25, 0.3) is 11.1 Å². The number of carbonyl (C=O) groups excluding carboxylic acids is 4. The number of ether oxygens (including phenoxy) is 3. The Morgan fingerprint density at radius 1 is 1.11 bits per heavy atom. The average molecular weight is 539 g/mol. The largest absolute Gasteiger partial charge is 0.490 e. The highest BCUT2D eigenvalue weighted by molar-refractivity contribution is 8.18. The topological polar surface area (TPSA) is 111 Å². The predicted octanol–water partition coefficient (Wildman–Crippen LogP) is 4.62. The smallest absolute Gasteiger partial charge is 0.343 e. The maximum Gasteiger partial charge on any atom is 0.343 e. The molecule has 0 radical (unpaired) electrons. The van der Waals surface area contributed by atoms with E-state index in [1.807, 2.05) is 0 Å². The van der Waals surface area contributed by atoms with Gasteiger partial charge in [-0.3, -0.25) is 19.3 Å². The number of hydrogen-bond donors (Lipinski definition) is 1. The highest BCUT2D eigenvalue weighted by Crippen LogP contribution is 2.39. The lowest BCUT2D eigenvalue weighted by Crippen LogP contribution is -2.36. The lowest BCUT2D eigenvalue weighted by molar-refractivity contribution is -0.143. The normalized spacial score (nSPS) is 14.3. The van der Waals surface area contributed by atoms with Gasteiger partial charge in [0.15, 0.2) is 18.1 Å². The van der Waals surface area contributed by atoms with Gasteiger partial charge in [-0.05, 0) is 66.7 Å². The zero-order valence-electron chi connectivity index (χ0n) is 18.6. The molecule has 35 heavy (non-hydrogen) atoms. The lowest BCUT2D eigenvalue weighted by atomic mass is 10.1. The van der Waals surface area contributed by atoms with E-state index >= 15 is 0 Å². The molecular weight excluding hydrogens is 519 g/mol. The highest BCUT2D eigenvalue weighted by Gasteiger charge is 2.36. The van der Waals surface area contributed by atoms with E-state index in [0.29, 0.717) is 28.0 Å². The fourth-order valence-electron chi connectivity index (χ4n) is 2.93. The Labute approximate surface area is 215 Å². The minimum atomic E-state index is -0.619. The Bertz CT molecular complexity index is 1190. The van der Waals surface area contributed by atoms with Crippen molar-refractivity contribution in [3.63, 3.8) is 0 Å². The summed E-state index contributed by atoms with van der Waals surface area (Å²) in [6, 6.07) is 9.47. The Balaban J connectivity index is 1.75. The molecule has 1 heterocycles. The molecule has 1 aliphatic heterocycles. The minimum Gasteiger partial charge on any atom is -0.490 e. The van der Waals surface area contributed by atoms with Gasteiger partial charge in [0.1, 0.15) is 6.54 Å². The standard InChI is InChI=1S/C23H20Cl2N2O7S/c1-3-33-17-9-13(8-16(25)21(17)34-12-20(29)32-2)10-18-22(30)27(23(31)35-18)11-19(28)26-15-6-4-14(24)5-7-15/h4-10H,3,11-12H2,1-2H3,(H,26,28)/b18-10-. The number of imide groups is 1. The number of thioether (sulfide) groups is 1. The van der Waals surface area contributed by atoms with Crippen LogP contribution in [0.4, 0.5) is 10.5 Å². The van der Waals surface area contributed by atoms with Crippen LogP contribution in [-0.2, 0) is 19.1 Å². The number of nitrogens with zero attached hydrogens (tertiary/aromatic N) is 1. The van der Waals surface area contributed by atoms with E-state index in [9.17, 15) is 19.2 Å². The van der Waals surface area contributed by atoms with Crippen molar-refractivity contribution in [3.05, 3.63) is 56.9 Å². The summed E-state index contributed by atoms with van der Waals surface area (Å²) in [5.74, 6) is -1.36. The molecule has 3 amide bonds. The number of hydrogen-bond acceptors (Lipinski definition) is 8. The first-order chi connectivity index (χ1) is 16.7. The van der Waals surface area contributed by atoms with Crippen molar-refractivity contribution in [2.24, 2.45) is 0 Å². The summed E-state index contributed by atoms with van der Waals surface area (Å²) >= 11 is 12.8. The fraction of sp³-hybridized carbons (Fsp3) is 0.217. The summed E-state index contributed by atoms with van der Waals surface area (Å²) in [4.78, 5) is 49.9. The lowest BCUT2D eigenvalue weighted by Gasteiger charge is -2.14. The first kappa shape index (κ1) is 26.4. The van der Waals surface area contributed by atoms with Crippen LogP contribution in [0.15, 0.2) is 41.3 Å². The Hall–Kier alpha value is -3.21. The average Bonchev–Trinajstić information content (AvgIpc) is 3.07. The van der Waals surface area contributed by atoms with Crippen LogP contribution in [0.5, 0.6) is 11.5 Å². The maximum atomic E-state index is 12.8. The monoisotopic (exact) mass is 538 g/mol. The molecule has 184 valence electrons. The van der Waals surface area contributed by atoms with Gasteiger partial charge in [-0.25, -0.2) is 4.79 Å². The van der Waals surface area contributed by atoms with Gasteiger partial charge in [0.2, 0.25) is 5.91 Å². The number of esters is 1. The molecule has 9 nitrogen and oxygen atoms in total. The van der Waals surface area contributed by atoms with Gasteiger partial charge in [0, 0.05) is 10.7 Å². The van der Waals surface area contributed by atoms with Crippen molar-refractivity contribution < 1.29 is 33.4 Å². The molecule has 0 saturated carbocycles. The second-order valence-electron chi connectivity index (χ2n) is 6.95. The van der Waals surface area contributed by atoms with Crippen LogP contribution in [0.2, 0.25) is 10.0 Å². The third kappa shape index (κ3) is 6.91. The van der Waals surface area contributed by atoms with Crippen molar-refractivity contribution in [1.29, 1.82) is 0 Å². The molecule has 0 aromatic heterocycles. The molecule has 1 aliphatic rings. The molecule has 2 aromatic rings. The van der Waals surface area contributed by atoms with Crippen LogP contribution >= 0.6 is 35.0 Å². The first-order valence-corrected chi connectivity index (χ1v) is 11.8. The molecular formula is C23H20Cl2N2O7S. The van der Waals surface area contributed by atoms with Gasteiger partial charge in [-0.2, -0.15) is 0 Å². The van der Waals surface area contributed by atoms with Crippen molar-refractivity contribution in [2.75, 3.05) is 32.2 Å². The van der Waals surface area contributed by atoms with Crippen molar-refractivity contribution >= 4 is 69.8 Å². The molecule has 12 heteroatoms. The van der Waals surface area contributed by atoms with E-state index < -0.39 is 29.6 Å². The molecule has 1 fully saturated rings. The zero-order chi connectivity index (χ0) is 25.5. The van der Waals surface area contributed by atoms with Gasteiger partial charge in [-0.1, -0.05) is 23.2 Å². The molecule has 1 saturated heterocycles. The van der Waals surface area contributed by atoms with Crippen LogP contribution in [0.3, 0.4) is 0 Å². The molecule has 0 spiro atoms. The molecule has 0 unspecified atom stereocenters. The second-order valence-corrected chi connectivity index (χ2v) is 8.79. The van der Waals surface area contributed by atoms with Gasteiger partial charge in [-0.15, -0.1) is 0 Å². The molecule has 2 aromatic carbocycles. The van der Waals surface area contributed by atoms with Crippen LogP contribution in [0.1, 0.15) is 12.5 Å². The van der Waals surface area contributed by atoms with E-state index in [0.717, 1.165) is 4.90 Å². The Kier molecular flexibility index (Phi) is 9.02. The summed E-state index contributed by atoms with van der Waals surface area (Å²) in [7, 11) is 1.23. The van der Waals surface area contributed by atoms with Crippen molar-refractivity contribution in [1.82, 2.24) is 4.90 Å². The fourth-order valence-corrected chi connectivity index (χ4v) is 4.17. The highest BCUT2D eigenvalue weighted by atomic mass is 35.5. The summed E-state index contributed by atoms with van der Waals surface area (Å²) in [6.07, 6.45) is 1.46. The molecule has 3 rings (SSSR count). The number of benzene rings is 2. The number of halogens is 2. The van der Waals surface area contributed by atoms with E-state index in [2.05, 4.69) is 10.1 Å². The third-order valence-electron chi connectivity index (χ3n) is 4.49. The SMILES string of the molecule is CCOc1cc(/C=C2\SC(=O)N(CC(=O)Nc3ccc(Cl)cc3)C2=O)cc(Cl)c1OCC(=O)OC. The summed E-state index contributed by atoms with van der Waals surface area (Å²) < 4.78 is 15.5. The summed E-state index contributed by atoms with van der Waals surface area (Å²) in [5.41, 5.74) is 0.939. The zero-order valence-corrected chi connectivity index (χ0v) is 21.0. The van der Waals surface area contributed by atoms with E-state index in [4.69, 9.17) is 32.7 Å². The summed E-state index contributed by atoms with van der Waals surface area (Å²) in [6.45, 7) is 1.22. The number of amides is 3. The quantitative estimate of drug-likeness (QED) is 0.363. The van der Waals surface area contributed by atoms with Crippen LogP contribution in [0, 0.1) is 0 Å². The van der Waals surface area contributed by atoms with Crippen LogP contribution in [-0.4, -0.2) is 54.8 Å². The maximum absolute atomic E-state index is 12.8. The van der Waals surface area contributed by atoms with Gasteiger partial charge in [0.05, 0.1) is 23.6 Å². The molecule has 1 N–H and O–H groups in total. The number of rotatable bonds is 9. The van der Waals surface area contributed by atoms with Crippen LogP contribution < -0.4 is 14.8 Å². The number of anilines is 1. The molecule has 0 bridgehead atoms. The number of methoxy groups -OCH3 is 1. The number of nitrogens with one attached hydrogen (secondary N) is 1. The second kappa shape index (κ2) is 12.0. The van der Waals surface area contributed by atoms with E-state index in [-0.39, 0.29) is 34.6 Å². The molecule has 0 aliphatic carbocycles. The van der Waals surface area contributed by atoms with Crippen molar-refractivity contribution in [3.8, 4) is 11.5 Å². The Morgan fingerprint density at radius 2 is 1.83 bits per heavy atom. The predicted molar refractivity (Wildman–Crippen MR) is 133 cm³/mol. The van der Waals surface area contributed by atoms with E-state index in [1.54, 1.807) is 37.3 Å². The van der Waals surface area contributed by atoms with Gasteiger partial charge < -0.3 is 19.5 Å². The summed E-state index contributed by atoms with van der Waals surface area (Å²) in [5, 5.41) is 2.67. The Morgan fingerprint density at radius 3 is 2.49 bits per heavy atom. The number of carbonyl (C=O) groups is 4. The first-order valence-electron chi connectivity index (χ1n) is 10.2. The van der Waals surface area contributed by atoms with Crippen molar-refractivity contribution in [2.45, 2.75) is 6.92 Å².